The van der Waals surface area contributed by atoms with Crippen molar-refractivity contribution in [2.24, 2.45) is 23.2 Å². The highest BCUT2D eigenvalue weighted by Crippen LogP contribution is 2.59. The molecule has 2 bridgehead atoms. The molecule has 2 aliphatic carbocycles. The fraction of sp³-hybridized carbons (Fsp3) is 1.00. The second-order valence-corrected chi connectivity index (χ2v) is 6.23. The van der Waals surface area contributed by atoms with Crippen LogP contribution in [-0.2, 0) is 0 Å². The van der Waals surface area contributed by atoms with E-state index in [4.69, 9.17) is 11.6 Å². The van der Waals surface area contributed by atoms with Gasteiger partial charge in [-0.05, 0) is 48.9 Å². The predicted molar refractivity (Wildman–Crippen MR) is 67.3 cm³/mol. The summed E-state index contributed by atoms with van der Waals surface area (Å²) in [7, 11) is 0. The van der Waals surface area contributed by atoms with Crippen LogP contribution in [0.15, 0.2) is 0 Å². The fourth-order valence-electron chi connectivity index (χ4n) is 4.18. The van der Waals surface area contributed by atoms with Crippen molar-refractivity contribution in [3.05, 3.63) is 0 Å². The summed E-state index contributed by atoms with van der Waals surface area (Å²) in [5.41, 5.74) is 0.543. The Bertz CT molecular complexity index is 209. The van der Waals surface area contributed by atoms with Gasteiger partial charge in [0.1, 0.15) is 0 Å². The van der Waals surface area contributed by atoms with Gasteiger partial charge in [-0.3, -0.25) is 0 Å². The van der Waals surface area contributed by atoms with Gasteiger partial charge >= 0.3 is 0 Å². The summed E-state index contributed by atoms with van der Waals surface area (Å²) in [5, 5.41) is 0. The van der Waals surface area contributed by atoms with Crippen molar-refractivity contribution in [1.82, 2.24) is 0 Å². The summed E-state index contributed by atoms with van der Waals surface area (Å²) in [5.74, 6) is 3.84. The minimum atomic E-state index is 0.543. The number of rotatable bonds is 5. The molecular formula is C14H25Cl. The normalized spacial score (nSPS) is 39.2. The van der Waals surface area contributed by atoms with Gasteiger partial charge in [0.25, 0.3) is 0 Å². The molecule has 0 amide bonds. The third kappa shape index (κ3) is 2.07. The Balaban J connectivity index is 2.03. The minimum absolute atomic E-state index is 0.543. The van der Waals surface area contributed by atoms with E-state index in [0.717, 1.165) is 23.6 Å². The second-order valence-electron chi connectivity index (χ2n) is 5.96. The Hall–Kier alpha value is 0.290. The molecule has 0 radical (unpaired) electrons. The van der Waals surface area contributed by atoms with Gasteiger partial charge in [0.15, 0.2) is 0 Å². The lowest BCUT2D eigenvalue weighted by molar-refractivity contribution is 0.142. The van der Waals surface area contributed by atoms with Crippen LogP contribution >= 0.6 is 11.6 Å². The highest BCUT2D eigenvalue weighted by Gasteiger charge is 2.50. The van der Waals surface area contributed by atoms with Crippen LogP contribution < -0.4 is 0 Å². The van der Waals surface area contributed by atoms with Gasteiger partial charge in [0, 0.05) is 5.88 Å². The predicted octanol–water partition coefficient (Wildman–Crippen LogP) is 4.86. The molecule has 0 spiro atoms. The average molecular weight is 229 g/mol. The van der Waals surface area contributed by atoms with E-state index in [9.17, 15) is 0 Å². The molecule has 15 heavy (non-hydrogen) atoms. The molecule has 0 aromatic rings. The van der Waals surface area contributed by atoms with Crippen molar-refractivity contribution >= 4 is 11.6 Å². The summed E-state index contributed by atoms with van der Waals surface area (Å²) >= 11 is 6.32. The Kier molecular flexibility index (Phi) is 3.65. The van der Waals surface area contributed by atoms with Crippen LogP contribution in [0.1, 0.15) is 58.8 Å². The third-order valence-electron chi connectivity index (χ3n) is 5.22. The summed E-state index contributed by atoms with van der Waals surface area (Å²) < 4.78 is 0. The monoisotopic (exact) mass is 228 g/mol. The summed E-state index contributed by atoms with van der Waals surface area (Å²) in [6, 6.07) is 0. The number of hydrogen-bond donors (Lipinski definition) is 0. The maximum atomic E-state index is 6.32. The first-order valence-corrected chi connectivity index (χ1v) is 7.33. The van der Waals surface area contributed by atoms with Crippen molar-refractivity contribution in [3.8, 4) is 0 Å². The molecule has 3 atom stereocenters. The van der Waals surface area contributed by atoms with E-state index in [2.05, 4.69) is 13.8 Å². The Labute approximate surface area is 99.8 Å². The van der Waals surface area contributed by atoms with E-state index in [0.29, 0.717) is 5.41 Å². The first kappa shape index (κ1) is 11.8. The molecule has 0 N–H and O–H groups in total. The highest BCUT2D eigenvalue weighted by atomic mass is 35.5. The summed E-state index contributed by atoms with van der Waals surface area (Å²) in [6.07, 6.45) is 9.98. The zero-order valence-electron chi connectivity index (χ0n) is 10.3. The third-order valence-corrected chi connectivity index (χ3v) is 5.75. The molecule has 1 heteroatoms. The van der Waals surface area contributed by atoms with Crippen LogP contribution in [0, 0.1) is 23.2 Å². The molecule has 0 nitrogen and oxygen atoms in total. The van der Waals surface area contributed by atoms with Crippen molar-refractivity contribution in [2.45, 2.75) is 58.8 Å². The van der Waals surface area contributed by atoms with Crippen LogP contribution in [0.3, 0.4) is 0 Å². The van der Waals surface area contributed by atoms with Crippen LogP contribution in [0.5, 0.6) is 0 Å². The van der Waals surface area contributed by atoms with Crippen LogP contribution in [-0.4, -0.2) is 5.88 Å². The molecule has 0 aromatic heterocycles. The molecule has 0 aromatic carbocycles. The van der Waals surface area contributed by atoms with Gasteiger partial charge in [-0.1, -0.05) is 33.1 Å². The van der Waals surface area contributed by atoms with Crippen LogP contribution in [0.4, 0.5) is 0 Å². The van der Waals surface area contributed by atoms with E-state index in [1.54, 1.807) is 0 Å². The molecule has 0 aliphatic heterocycles. The molecule has 2 aliphatic rings. The maximum absolute atomic E-state index is 6.32. The van der Waals surface area contributed by atoms with Crippen molar-refractivity contribution in [2.75, 3.05) is 5.88 Å². The standard InChI is InChI=1S/C14H25Cl/c1-3-11(4-2)8-14(10-15)9-12-5-6-13(14)7-12/h11-13H,3-10H2,1-2H3. The zero-order valence-corrected chi connectivity index (χ0v) is 11.0. The fourth-order valence-corrected chi connectivity index (χ4v) is 4.62. The molecular weight excluding hydrogens is 204 g/mol. The first-order chi connectivity index (χ1) is 7.24. The molecule has 88 valence electrons. The first-order valence-electron chi connectivity index (χ1n) is 6.80. The van der Waals surface area contributed by atoms with Crippen LogP contribution in [0.2, 0.25) is 0 Å². The van der Waals surface area contributed by atoms with Gasteiger partial charge in [0.05, 0.1) is 0 Å². The van der Waals surface area contributed by atoms with E-state index in [1.807, 2.05) is 0 Å². The Morgan fingerprint density at radius 3 is 2.40 bits per heavy atom. The van der Waals surface area contributed by atoms with Crippen molar-refractivity contribution < 1.29 is 0 Å². The molecule has 0 heterocycles. The minimum Gasteiger partial charge on any atom is -0.126 e. The Morgan fingerprint density at radius 1 is 1.27 bits per heavy atom. The summed E-state index contributed by atoms with van der Waals surface area (Å²) in [6.45, 7) is 4.67. The van der Waals surface area contributed by atoms with Crippen molar-refractivity contribution in [3.63, 3.8) is 0 Å². The smallest absolute Gasteiger partial charge is 0.0282 e. The molecule has 2 fully saturated rings. The Morgan fingerprint density at radius 2 is 2.00 bits per heavy atom. The molecule has 2 rings (SSSR count). The van der Waals surface area contributed by atoms with Gasteiger partial charge in [0.2, 0.25) is 0 Å². The topological polar surface area (TPSA) is 0 Å². The molecule has 0 saturated heterocycles. The lowest BCUT2D eigenvalue weighted by Gasteiger charge is -2.38. The quantitative estimate of drug-likeness (QED) is 0.590. The number of alkyl halides is 1. The van der Waals surface area contributed by atoms with E-state index < -0.39 is 0 Å². The highest BCUT2D eigenvalue weighted by molar-refractivity contribution is 6.18. The van der Waals surface area contributed by atoms with Gasteiger partial charge in [-0.15, -0.1) is 11.6 Å². The lowest BCUT2D eigenvalue weighted by Crippen LogP contribution is -2.32. The molecule has 2 saturated carbocycles. The van der Waals surface area contributed by atoms with Crippen molar-refractivity contribution in [1.29, 1.82) is 0 Å². The van der Waals surface area contributed by atoms with Gasteiger partial charge in [-0.2, -0.15) is 0 Å². The second kappa shape index (κ2) is 4.65. The largest absolute Gasteiger partial charge is 0.126 e. The van der Waals surface area contributed by atoms with E-state index >= 15 is 0 Å². The number of hydrogen-bond acceptors (Lipinski definition) is 0. The number of halogens is 1. The van der Waals surface area contributed by atoms with E-state index in [-0.39, 0.29) is 0 Å². The van der Waals surface area contributed by atoms with Gasteiger partial charge in [-0.25, -0.2) is 0 Å². The average Bonchev–Trinajstić information content (AvgIpc) is 2.86. The maximum Gasteiger partial charge on any atom is 0.0282 e. The number of fused-ring (bicyclic) bond motifs is 2. The SMILES string of the molecule is CCC(CC)CC1(CCl)CC2CCC1C2. The van der Waals surface area contributed by atoms with Gasteiger partial charge < -0.3 is 0 Å². The summed E-state index contributed by atoms with van der Waals surface area (Å²) in [4.78, 5) is 0. The lowest BCUT2D eigenvalue weighted by atomic mass is 9.68. The van der Waals surface area contributed by atoms with E-state index in [1.165, 1.54) is 44.9 Å². The van der Waals surface area contributed by atoms with Crippen LogP contribution in [0.25, 0.3) is 0 Å². The molecule has 3 unspecified atom stereocenters. The zero-order chi connectivity index (χ0) is 10.9.